The molecule has 2 atom stereocenters. The van der Waals surface area contributed by atoms with Crippen LogP contribution in [0.25, 0.3) is 0 Å². The topological polar surface area (TPSA) is 26.3 Å². The molecule has 0 aromatic carbocycles. The zero-order valence-corrected chi connectivity index (χ0v) is 10.5. The summed E-state index contributed by atoms with van der Waals surface area (Å²) in [6, 6.07) is 0. The van der Waals surface area contributed by atoms with Crippen LogP contribution < -0.4 is 0 Å². The van der Waals surface area contributed by atoms with E-state index in [4.69, 9.17) is 4.74 Å². The molecule has 2 unspecified atom stereocenters. The number of methoxy groups -OCH3 is 1. The summed E-state index contributed by atoms with van der Waals surface area (Å²) in [6.45, 7) is 6.45. The predicted molar refractivity (Wildman–Crippen MR) is 62.7 cm³/mol. The molecule has 0 spiro atoms. The minimum Gasteiger partial charge on any atom is -0.468 e. The summed E-state index contributed by atoms with van der Waals surface area (Å²) in [7, 11) is 1.47. The van der Waals surface area contributed by atoms with Gasteiger partial charge in [-0.15, -0.1) is 11.8 Å². The first-order valence-electron chi connectivity index (χ1n) is 5.38. The van der Waals surface area contributed by atoms with Crippen LogP contribution in [0.5, 0.6) is 0 Å². The molecular weight excluding hydrogens is 196 g/mol. The molecule has 0 aliphatic heterocycles. The Morgan fingerprint density at radius 2 is 2.07 bits per heavy atom. The van der Waals surface area contributed by atoms with E-state index in [2.05, 4.69) is 20.8 Å². The Bertz CT molecular complexity index is 159. The highest BCUT2D eigenvalue weighted by atomic mass is 32.2. The molecule has 0 bridgehead atoms. The SMILES string of the molecule is CCCCC(SC(C)CC)C(=O)OC. The highest BCUT2D eigenvalue weighted by Gasteiger charge is 2.20. The minimum atomic E-state index is -0.0660. The van der Waals surface area contributed by atoms with Crippen molar-refractivity contribution in [3.8, 4) is 0 Å². The summed E-state index contributed by atoms with van der Waals surface area (Å²) < 4.78 is 4.80. The van der Waals surface area contributed by atoms with Crippen LogP contribution in [0.4, 0.5) is 0 Å². The summed E-state index contributed by atoms with van der Waals surface area (Å²) in [5, 5.41) is 0.575. The molecule has 0 N–H and O–H groups in total. The van der Waals surface area contributed by atoms with Crippen LogP contribution in [-0.2, 0) is 9.53 Å². The maximum atomic E-state index is 11.4. The number of hydrogen-bond acceptors (Lipinski definition) is 3. The second-order valence-electron chi connectivity index (χ2n) is 3.51. The van der Waals surface area contributed by atoms with E-state index in [0.29, 0.717) is 5.25 Å². The van der Waals surface area contributed by atoms with E-state index in [1.807, 2.05) is 0 Å². The van der Waals surface area contributed by atoms with Gasteiger partial charge in [-0.2, -0.15) is 0 Å². The average molecular weight is 218 g/mol. The number of hydrogen-bond donors (Lipinski definition) is 0. The average Bonchev–Trinajstić information content (AvgIpc) is 2.22. The Balaban J connectivity index is 4.03. The number of unbranched alkanes of at least 4 members (excludes halogenated alkanes) is 1. The molecule has 0 heterocycles. The van der Waals surface area contributed by atoms with Gasteiger partial charge in [0.1, 0.15) is 5.25 Å². The van der Waals surface area contributed by atoms with Gasteiger partial charge in [0.05, 0.1) is 7.11 Å². The van der Waals surface area contributed by atoms with Gasteiger partial charge in [-0.05, 0) is 12.8 Å². The number of carbonyl (C=O) groups excluding carboxylic acids is 1. The molecule has 0 amide bonds. The van der Waals surface area contributed by atoms with Crippen molar-refractivity contribution in [2.24, 2.45) is 0 Å². The molecule has 3 heteroatoms. The Kier molecular flexibility index (Phi) is 8.05. The first-order chi connectivity index (χ1) is 6.65. The van der Waals surface area contributed by atoms with Crippen LogP contribution in [0.2, 0.25) is 0 Å². The van der Waals surface area contributed by atoms with Crippen LogP contribution in [-0.4, -0.2) is 23.6 Å². The highest BCUT2D eigenvalue weighted by Crippen LogP contribution is 2.25. The lowest BCUT2D eigenvalue weighted by molar-refractivity contribution is -0.140. The van der Waals surface area contributed by atoms with Crippen molar-refractivity contribution in [1.82, 2.24) is 0 Å². The predicted octanol–water partition coefficient (Wildman–Crippen LogP) is 3.25. The molecule has 2 nitrogen and oxygen atoms in total. The van der Waals surface area contributed by atoms with E-state index >= 15 is 0 Å². The van der Waals surface area contributed by atoms with E-state index in [-0.39, 0.29) is 11.2 Å². The van der Waals surface area contributed by atoms with Crippen molar-refractivity contribution in [3.05, 3.63) is 0 Å². The standard InChI is InChI=1S/C11H22O2S/c1-5-7-8-10(11(12)13-4)14-9(3)6-2/h9-10H,5-8H2,1-4H3. The van der Waals surface area contributed by atoms with E-state index in [9.17, 15) is 4.79 Å². The van der Waals surface area contributed by atoms with Crippen LogP contribution in [0.1, 0.15) is 46.5 Å². The molecule has 0 aromatic heterocycles. The number of esters is 1. The smallest absolute Gasteiger partial charge is 0.318 e. The van der Waals surface area contributed by atoms with Crippen molar-refractivity contribution < 1.29 is 9.53 Å². The molecule has 0 rings (SSSR count). The third-order valence-corrected chi connectivity index (χ3v) is 3.81. The second-order valence-corrected chi connectivity index (χ2v) is 5.15. The first-order valence-corrected chi connectivity index (χ1v) is 6.33. The molecule has 0 radical (unpaired) electrons. The Morgan fingerprint density at radius 3 is 2.50 bits per heavy atom. The number of thioether (sulfide) groups is 1. The molecule has 0 aromatic rings. The Morgan fingerprint density at radius 1 is 1.43 bits per heavy atom. The van der Waals surface area contributed by atoms with Gasteiger partial charge in [-0.3, -0.25) is 4.79 Å². The van der Waals surface area contributed by atoms with Crippen LogP contribution in [0, 0.1) is 0 Å². The lowest BCUT2D eigenvalue weighted by Gasteiger charge is -2.17. The van der Waals surface area contributed by atoms with Crippen LogP contribution in [0.15, 0.2) is 0 Å². The van der Waals surface area contributed by atoms with Crippen molar-refractivity contribution >= 4 is 17.7 Å². The van der Waals surface area contributed by atoms with E-state index in [1.54, 1.807) is 11.8 Å². The fourth-order valence-electron chi connectivity index (χ4n) is 1.14. The number of ether oxygens (including phenoxy) is 1. The molecule has 0 aliphatic rings. The first kappa shape index (κ1) is 13.8. The minimum absolute atomic E-state index is 0.0369. The fourth-order valence-corrected chi connectivity index (χ4v) is 2.40. The normalized spacial score (nSPS) is 14.9. The molecule has 0 fully saturated rings. The molecule has 14 heavy (non-hydrogen) atoms. The summed E-state index contributed by atoms with van der Waals surface area (Å²) in [4.78, 5) is 11.4. The maximum absolute atomic E-state index is 11.4. The monoisotopic (exact) mass is 218 g/mol. The van der Waals surface area contributed by atoms with E-state index in [0.717, 1.165) is 25.7 Å². The summed E-state index contributed by atoms with van der Waals surface area (Å²) in [5.74, 6) is -0.0660. The van der Waals surface area contributed by atoms with Gasteiger partial charge >= 0.3 is 5.97 Å². The lowest BCUT2D eigenvalue weighted by atomic mass is 10.2. The third-order valence-electron chi connectivity index (χ3n) is 2.26. The lowest BCUT2D eigenvalue weighted by Crippen LogP contribution is -2.21. The van der Waals surface area contributed by atoms with Gasteiger partial charge in [0.25, 0.3) is 0 Å². The summed E-state index contributed by atoms with van der Waals surface area (Å²) in [6.07, 6.45) is 4.28. The number of rotatable bonds is 7. The quantitative estimate of drug-likeness (QED) is 0.614. The molecule has 84 valence electrons. The summed E-state index contributed by atoms with van der Waals surface area (Å²) in [5.41, 5.74) is 0. The number of carbonyl (C=O) groups is 1. The zero-order chi connectivity index (χ0) is 11.0. The molecule has 0 saturated carbocycles. The van der Waals surface area contributed by atoms with Crippen molar-refractivity contribution in [1.29, 1.82) is 0 Å². The van der Waals surface area contributed by atoms with Gasteiger partial charge < -0.3 is 4.74 Å². The highest BCUT2D eigenvalue weighted by molar-refractivity contribution is 8.01. The van der Waals surface area contributed by atoms with Gasteiger partial charge in [0.15, 0.2) is 0 Å². The maximum Gasteiger partial charge on any atom is 0.318 e. The fraction of sp³-hybridized carbons (Fsp3) is 0.909. The van der Waals surface area contributed by atoms with Crippen molar-refractivity contribution in [3.63, 3.8) is 0 Å². The molecule has 0 aliphatic carbocycles. The van der Waals surface area contributed by atoms with Crippen LogP contribution in [0.3, 0.4) is 0 Å². The van der Waals surface area contributed by atoms with Crippen molar-refractivity contribution in [2.45, 2.75) is 57.0 Å². The molecule has 0 saturated heterocycles. The van der Waals surface area contributed by atoms with Crippen LogP contribution >= 0.6 is 11.8 Å². The molecular formula is C11H22O2S. The van der Waals surface area contributed by atoms with Gasteiger partial charge in [-0.25, -0.2) is 0 Å². The Hall–Kier alpha value is -0.180. The zero-order valence-electron chi connectivity index (χ0n) is 9.71. The largest absolute Gasteiger partial charge is 0.468 e. The van der Waals surface area contributed by atoms with E-state index in [1.165, 1.54) is 7.11 Å². The van der Waals surface area contributed by atoms with E-state index < -0.39 is 0 Å². The summed E-state index contributed by atoms with van der Waals surface area (Å²) >= 11 is 1.74. The van der Waals surface area contributed by atoms with Crippen molar-refractivity contribution in [2.75, 3.05) is 7.11 Å². The van der Waals surface area contributed by atoms with Gasteiger partial charge in [-0.1, -0.05) is 33.6 Å². The second kappa shape index (κ2) is 8.16. The Labute approximate surface area is 91.8 Å². The van der Waals surface area contributed by atoms with Gasteiger partial charge in [0.2, 0.25) is 0 Å². The third kappa shape index (κ3) is 5.53. The van der Waals surface area contributed by atoms with Gasteiger partial charge in [0, 0.05) is 5.25 Å².